The van der Waals surface area contributed by atoms with E-state index in [-0.39, 0.29) is 35.7 Å². The van der Waals surface area contributed by atoms with Gasteiger partial charge in [0.05, 0.1) is 13.2 Å². The van der Waals surface area contributed by atoms with E-state index in [1.165, 1.54) is 20.0 Å². The van der Waals surface area contributed by atoms with Crippen molar-refractivity contribution in [2.45, 2.75) is 63.6 Å². The summed E-state index contributed by atoms with van der Waals surface area (Å²) in [6, 6.07) is -1.03. The first-order valence-corrected chi connectivity index (χ1v) is 9.24. The van der Waals surface area contributed by atoms with Crippen LogP contribution < -0.4 is 16.0 Å². The molecule has 2 amide bonds. The molecule has 7 nitrogen and oxygen atoms in total. The van der Waals surface area contributed by atoms with Crippen molar-refractivity contribution in [1.29, 1.82) is 0 Å². The second kappa shape index (κ2) is 6.94. The number of esters is 1. The molecule has 0 spiro atoms. The largest absolute Gasteiger partial charge is 0.467 e. The summed E-state index contributed by atoms with van der Waals surface area (Å²) in [5.41, 5.74) is -0.281. The van der Waals surface area contributed by atoms with Crippen molar-refractivity contribution in [2.75, 3.05) is 13.7 Å². The van der Waals surface area contributed by atoms with Crippen molar-refractivity contribution >= 4 is 17.8 Å². The minimum absolute atomic E-state index is 0.0667. The third-order valence-corrected chi connectivity index (χ3v) is 5.94. The van der Waals surface area contributed by atoms with Crippen molar-refractivity contribution in [3.8, 4) is 0 Å². The molecule has 3 aliphatic rings. The first kappa shape index (κ1) is 18.2. The van der Waals surface area contributed by atoms with Crippen LogP contribution in [0.15, 0.2) is 0 Å². The first-order chi connectivity index (χ1) is 11.8. The number of ether oxygens (including phenoxy) is 1. The number of nitrogens with one attached hydrogen (secondary N) is 3. The summed E-state index contributed by atoms with van der Waals surface area (Å²) >= 11 is 0. The van der Waals surface area contributed by atoms with Crippen LogP contribution in [0.5, 0.6) is 0 Å². The average Bonchev–Trinajstić information content (AvgIpc) is 3.20. The van der Waals surface area contributed by atoms with Crippen LogP contribution in [0.3, 0.4) is 0 Å². The Labute approximate surface area is 148 Å². The zero-order valence-electron chi connectivity index (χ0n) is 15.3. The van der Waals surface area contributed by atoms with Crippen LogP contribution in [0.25, 0.3) is 0 Å². The van der Waals surface area contributed by atoms with E-state index in [2.05, 4.69) is 16.0 Å². The highest BCUT2D eigenvalue weighted by atomic mass is 16.5. The summed E-state index contributed by atoms with van der Waals surface area (Å²) in [5, 5.41) is 9.06. The number of hydrogen-bond acceptors (Lipinski definition) is 5. The van der Waals surface area contributed by atoms with Gasteiger partial charge in [0.2, 0.25) is 11.8 Å². The van der Waals surface area contributed by atoms with Crippen molar-refractivity contribution in [3.05, 3.63) is 0 Å². The number of carbonyl (C=O) groups is 3. The number of hydrogen-bond donors (Lipinski definition) is 3. The summed E-state index contributed by atoms with van der Waals surface area (Å²) in [6.07, 6.45) is 4.30. The Morgan fingerprint density at radius 1 is 1.36 bits per heavy atom. The van der Waals surface area contributed by atoms with Crippen LogP contribution in [-0.2, 0) is 19.1 Å². The van der Waals surface area contributed by atoms with Gasteiger partial charge in [-0.25, -0.2) is 4.79 Å². The van der Waals surface area contributed by atoms with Crippen LogP contribution in [0.2, 0.25) is 0 Å². The van der Waals surface area contributed by atoms with E-state index in [9.17, 15) is 14.4 Å². The smallest absolute Gasteiger partial charge is 0.328 e. The fourth-order valence-corrected chi connectivity index (χ4v) is 4.76. The maximum Gasteiger partial charge on any atom is 0.328 e. The van der Waals surface area contributed by atoms with E-state index in [0.29, 0.717) is 18.3 Å². The van der Waals surface area contributed by atoms with E-state index in [4.69, 9.17) is 4.74 Å². The van der Waals surface area contributed by atoms with Crippen LogP contribution in [0, 0.1) is 17.8 Å². The Morgan fingerprint density at radius 2 is 2.12 bits per heavy atom. The van der Waals surface area contributed by atoms with Gasteiger partial charge in [0, 0.05) is 11.5 Å². The number of amides is 2. The van der Waals surface area contributed by atoms with Gasteiger partial charge in [-0.05, 0) is 57.9 Å². The molecule has 0 unspecified atom stereocenters. The van der Waals surface area contributed by atoms with Crippen molar-refractivity contribution in [1.82, 2.24) is 16.0 Å². The lowest BCUT2D eigenvalue weighted by Gasteiger charge is -2.23. The number of rotatable bonds is 5. The van der Waals surface area contributed by atoms with Gasteiger partial charge in [0.1, 0.15) is 6.04 Å². The number of fused-ring (bicyclic) bond motifs is 1. The molecule has 0 radical (unpaired) electrons. The predicted octanol–water partition coefficient (Wildman–Crippen LogP) is 0.337. The first-order valence-electron chi connectivity index (χ1n) is 9.24. The molecular weight excluding hydrogens is 322 g/mol. The number of methoxy groups -OCH3 is 1. The maximum absolute atomic E-state index is 12.7. The summed E-state index contributed by atoms with van der Waals surface area (Å²) in [4.78, 5) is 37.0. The predicted molar refractivity (Wildman–Crippen MR) is 91.5 cm³/mol. The second-order valence-corrected chi connectivity index (χ2v) is 8.33. The molecule has 1 saturated carbocycles. The van der Waals surface area contributed by atoms with Crippen molar-refractivity contribution < 1.29 is 19.1 Å². The molecule has 3 N–H and O–H groups in total. The highest BCUT2D eigenvalue weighted by Gasteiger charge is 2.44. The van der Waals surface area contributed by atoms with Gasteiger partial charge < -0.3 is 20.7 Å². The molecule has 5 atom stereocenters. The summed E-state index contributed by atoms with van der Waals surface area (Å²) in [7, 11) is 1.31. The summed E-state index contributed by atoms with van der Waals surface area (Å²) in [6.45, 7) is 4.78. The minimum atomic E-state index is -0.788. The van der Waals surface area contributed by atoms with Gasteiger partial charge in [0.15, 0.2) is 0 Å². The van der Waals surface area contributed by atoms with Gasteiger partial charge >= 0.3 is 5.97 Å². The molecular formula is C18H29N3O4. The lowest BCUT2D eigenvalue weighted by Crippen LogP contribution is -2.51. The monoisotopic (exact) mass is 351 g/mol. The Kier molecular flexibility index (Phi) is 5.04. The van der Waals surface area contributed by atoms with Gasteiger partial charge in [-0.3, -0.25) is 9.59 Å². The molecule has 1 aliphatic carbocycles. The summed E-state index contributed by atoms with van der Waals surface area (Å²) in [5.74, 6) is -0.0896. The Morgan fingerprint density at radius 3 is 2.76 bits per heavy atom. The Balaban J connectivity index is 1.64. The zero-order chi connectivity index (χ0) is 18.2. The molecule has 2 saturated heterocycles. The normalized spacial score (nSPS) is 34.3. The van der Waals surface area contributed by atoms with Gasteiger partial charge in [-0.1, -0.05) is 6.42 Å². The topological polar surface area (TPSA) is 96.5 Å². The molecule has 7 heteroatoms. The third-order valence-electron chi connectivity index (χ3n) is 5.94. The Bertz CT molecular complexity index is 563. The molecule has 2 heterocycles. The van der Waals surface area contributed by atoms with E-state index >= 15 is 0 Å². The average molecular weight is 351 g/mol. The third kappa shape index (κ3) is 3.81. The van der Waals surface area contributed by atoms with Crippen LogP contribution in [0.1, 0.15) is 46.0 Å². The van der Waals surface area contributed by atoms with Crippen LogP contribution in [0.4, 0.5) is 0 Å². The second-order valence-electron chi connectivity index (χ2n) is 8.33. The van der Waals surface area contributed by atoms with Gasteiger partial charge in [-0.15, -0.1) is 0 Å². The standard InChI is InChI=1S/C18H29N3O4/c1-18(2)8-11(15(22)21-18)7-13(17(24)25-3)20-16(23)14-12-6-4-5-10(12)9-19-14/h10-14,19H,4-9H2,1-3H3,(H,20,23)(H,21,22)/t10-,11+,12-,13-,14-/m0/s1. The lowest BCUT2D eigenvalue weighted by atomic mass is 9.90. The van der Waals surface area contributed by atoms with Gasteiger partial charge in [0.25, 0.3) is 0 Å². The molecule has 3 fully saturated rings. The number of carbonyl (C=O) groups excluding carboxylic acids is 3. The fraction of sp³-hybridized carbons (Fsp3) is 0.833. The van der Waals surface area contributed by atoms with E-state index < -0.39 is 12.0 Å². The fourth-order valence-electron chi connectivity index (χ4n) is 4.76. The molecule has 2 aliphatic heterocycles. The highest BCUT2D eigenvalue weighted by molar-refractivity contribution is 5.89. The molecule has 0 aromatic rings. The maximum atomic E-state index is 12.7. The molecule has 140 valence electrons. The van der Waals surface area contributed by atoms with Crippen molar-refractivity contribution in [3.63, 3.8) is 0 Å². The van der Waals surface area contributed by atoms with Crippen LogP contribution >= 0.6 is 0 Å². The van der Waals surface area contributed by atoms with E-state index in [0.717, 1.165) is 13.0 Å². The van der Waals surface area contributed by atoms with Crippen LogP contribution in [-0.4, -0.2) is 49.1 Å². The Hall–Kier alpha value is -1.63. The quantitative estimate of drug-likeness (QED) is 0.621. The summed E-state index contributed by atoms with van der Waals surface area (Å²) < 4.78 is 4.85. The molecule has 0 bridgehead atoms. The SMILES string of the molecule is COC(=O)[C@H](C[C@@H]1CC(C)(C)NC1=O)NC(=O)[C@H]1NC[C@@H]2CCC[C@@H]21. The molecule has 0 aromatic heterocycles. The lowest BCUT2D eigenvalue weighted by molar-refractivity contribution is -0.146. The minimum Gasteiger partial charge on any atom is -0.467 e. The molecule has 25 heavy (non-hydrogen) atoms. The highest BCUT2D eigenvalue weighted by Crippen LogP contribution is 2.37. The van der Waals surface area contributed by atoms with E-state index in [1.54, 1.807) is 0 Å². The molecule has 0 aromatic carbocycles. The van der Waals surface area contributed by atoms with Gasteiger partial charge in [-0.2, -0.15) is 0 Å². The van der Waals surface area contributed by atoms with E-state index in [1.807, 2.05) is 13.8 Å². The van der Waals surface area contributed by atoms with Crippen molar-refractivity contribution in [2.24, 2.45) is 17.8 Å². The molecule has 3 rings (SSSR count). The zero-order valence-corrected chi connectivity index (χ0v) is 15.3.